The van der Waals surface area contributed by atoms with Crippen LogP contribution in [0.4, 0.5) is 5.69 Å². The molecule has 0 saturated carbocycles. The van der Waals surface area contributed by atoms with E-state index in [0.29, 0.717) is 11.6 Å². The van der Waals surface area contributed by atoms with Crippen LogP contribution in [0, 0.1) is 0 Å². The van der Waals surface area contributed by atoms with E-state index in [1.54, 1.807) is 12.1 Å². The molecule has 142 valence electrons. The average Bonchev–Trinajstić information content (AvgIpc) is 3.16. The molecule has 2 aromatic rings. The molecule has 1 aliphatic heterocycles. The van der Waals surface area contributed by atoms with Gasteiger partial charge in [-0.3, -0.25) is 4.79 Å². The van der Waals surface area contributed by atoms with E-state index in [2.05, 4.69) is 10.6 Å². The normalized spacial score (nSPS) is 16.0. The van der Waals surface area contributed by atoms with Gasteiger partial charge in [-0.25, -0.2) is 0 Å². The van der Waals surface area contributed by atoms with Crippen LogP contribution < -0.4 is 15.4 Å². The van der Waals surface area contributed by atoms with Gasteiger partial charge < -0.3 is 20.1 Å². The number of hydrogen-bond acceptors (Lipinski definition) is 4. The molecule has 0 unspecified atom stereocenters. The molecule has 1 amide bonds. The number of hydrogen-bond donors (Lipinski definition) is 2. The lowest BCUT2D eigenvalue weighted by Crippen LogP contribution is -2.35. The molecule has 0 aliphatic carbocycles. The van der Waals surface area contributed by atoms with E-state index >= 15 is 0 Å². The quantitative estimate of drug-likeness (QED) is 0.714. The van der Waals surface area contributed by atoms with Crippen LogP contribution in [-0.4, -0.2) is 30.3 Å². The van der Waals surface area contributed by atoms with Crippen LogP contribution in [0.5, 0.6) is 5.75 Å². The highest BCUT2D eigenvalue weighted by Gasteiger charge is 2.15. The lowest BCUT2D eigenvalue weighted by Gasteiger charge is -2.13. The minimum absolute atomic E-state index is 0.186. The van der Waals surface area contributed by atoms with Crippen LogP contribution in [-0.2, 0) is 16.0 Å². The Morgan fingerprint density at radius 1 is 1.19 bits per heavy atom. The van der Waals surface area contributed by atoms with Gasteiger partial charge in [0.15, 0.2) is 5.11 Å². The van der Waals surface area contributed by atoms with E-state index < -0.39 is 0 Å². The molecular formula is C20H21ClN2O3S. The van der Waals surface area contributed by atoms with Gasteiger partial charge in [0.25, 0.3) is 0 Å². The predicted octanol–water partition coefficient (Wildman–Crippen LogP) is 3.95. The summed E-state index contributed by atoms with van der Waals surface area (Å²) in [7, 11) is 0. The Hall–Kier alpha value is -2.15. The molecule has 1 heterocycles. The molecule has 0 spiro atoms. The first-order valence-corrected chi connectivity index (χ1v) is 9.57. The number of carbonyl (C=O) groups excluding carboxylic acids is 1. The van der Waals surface area contributed by atoms with Crippen molar-refractivity contribution in [1.29, 1.82) is 0 Å². The SMILES string of the molecule is O=C(Cc1ccc(Cl)cc1)NC(=S)Nc1ccc(OC[C@@H]2CCCO2)cc1. The van der Waals surface area contributed by atoms with E-state index in [0.717, 1.165) is 36.4 Å². The van der Waals surface area contributed by atoms with Crippen LogP contribution in [0.25, 0.3) is 0 Å². The van der Waals surface area contributed by atoms with Gasteiger partial charge >= 0.3 is 0 Å². The number of nitrogens with one attached hydrogen (secondary N) is 2. The zero-order valence-corrected chi connectivity index (χ0v) is 16.3. The molecule has 1 fully saturated rings. The van der Waals surface area contributed by atoms with Gasteiger partial charge in [-0.05, 0) is 67.0 Å². The molecule has 0 radical (unpaired) electrons. The Bertz CT molecular complexity index is 775. The molecule has 7 heteroatoms. The predicted molar refractivity (Wildman–Crippen MR) is 110 cm³/mol. The number of benzene rings is 2. The van der Waals surface area contributed by atoms with E-state index in [4.69, 9.17) is 33.3 Å². The van der Waals surface area contributed by atoms with E-state index in [-0.39, 0.29) is 23.5 Å². The van der Waals surface area contributed by atoms with Gasteiger partial charge in [0.2, 0.25) is 5.91 Å². The minimum Gasteiger partial charge on any atom is -0.491 e. The van der Waals surface area contributed by atoms with Crippen molar-refractivity contribution >= 4 is 40.5 Å². The number of thiocarbonyl (C=S) groups is 1. The Balaban J connectivity index is 1.42. The fourth-order valence-corrected chi connectivity index (χ4v) is 3.08. The minimum atomic E-state index is -0.189. The molecular weight excluding hydrogens is 384 g/mol. The Labute approximate surface area is 169 Å². The Kier molecular flexibility index (Phi) is 7.04. The Morgan fingerprint density at radius 3 is 2.59 bits per heavy atom. The van der Waals surface area contributed by atoms with Crippen molar-refractivity contribution in [1.82, 2.24) is 5.32 Å². The number of anilines is 1. The third-order valence-electron chi connectivity index (χ3n) is 4.10. The van der Waals surface area contributed by atoms with Gasteiger partial charge in [-0.2, -0.15) is 0 Å². The number of halogens is 1. The third-order valence-corrected chi connectivity index (χ3v) is 4.56. The monoisotopic (exact) mass is 404 g/mol. The first-order valence-electron chi connectivity index (χ1n) is 8.78. The fourth-order valence-electron chi connectivity index (χ4n) is 2.72. The average molecular weight is 405 g/mol. The largest absolute Gasteiger partial charge is 0.491 e. The second kappa shape index (κ2) is 9.69. The van der Waals surface area contributed by atoms with E-state index in [1.807, 2.05) is 36.4 Å². The summed E-state index contributed by atoms with van der Waals surface area (Å²) in [5, 5.41) is 6.55. The van der Waals surface area contributed by atoms with Crippen molar-refractivity contribution in [2.24, 2.45) is 0 Å². The highest BCUT2D eigenvalue weighted by Crippen LogP contribution is 2.18. The second-order valence-corrected chi connectivity index (χ2v) is 7.12. The van der Waals surface area contributed by atoms with Crippen molar-refractivity contribution in [2.45, 2.75) is 25.4 Å². The smallest absolute Gasteiger partial charge is 0.230 e. The lowest BCUT2D eigenvalue weighted by atomic mass is 10.1. The zero-order valence-electron chi connectivity index (χ0n) is 14.7. The van der Waals surface area contributed by atoms with Gasteiger partial charge in [0.1, 0.15) is 12.4 Å². The Morgan fingerprint density at radius 2 is 1.93 bits per heavy atom. The molecule has 2 aromatic carbocycles. The van der Waals surface area contributed by atoms with Crippen molar-refractivity contribution in [3.8, 4) is 5.75 Å². The molecule has 1 saturated heterocycles. The highest BCUT2D eigenvalue weighted by molar-refractivity contribution is 7.80. The first-order chi connectivity index (χ1) is 13.1. The van der Waals surface area contributed by atoms with Crippen molar-refractivity contribution < 1.29 is 14.3 Å². The fraction of sp³-hybridized carbons (Fsp3) is 0.300. The summed E-state index contributed by atoms with van der Waals surface area (Å²) in [5.74, 6) is 0.583. The van der Waals surface area contributed by atoms with Crippen LogP contribution in [0.15, 0.2) is 48.5 Å². The molecule has 5 nitrogen and oxygen atoms in total. The molecule has 2 N–H and O–H groups in total. The maximum atomic E-state index is 12.1. The number of carbonyl (C=O) groups is 1. The van der Waals surface area contributed by atoms with E-state index in [1.165, 1.54) is 0 Å². The highest BCUT2D eigenvalue weighted by atomic mass is 35.5. The van der Waals surface area contributed by atoms with Crippen molar-refractivity contribution in [3.05, 3.63) is 59.1 Å². The van der Waals surface area contributed by atoms with Gasteiger partial charge in [0, 0.05) is 17.3 Å². The van der Waals surface area contributed by atoms with Crippen LogP contribution in [0.1, 0.15) is 18.4 Å². The van der Waals surface area contributed by atoms with Crippen molar-refractivity contribution in [2.75, 3.05) is 18.5 Å². The molecule has 0 bridgehead atoms. The summed E-state index contributed by atoms with van der Waals surface area (Å²) < 4.78 is 11.3. The second-order valence-electron chi connectivity index (χ2n) is 6.28. The number of amides is 1. The molecule has 27 heavy (non-hydrogen) atoms. The maximum absolute atomic E-state index is 12.1. The third kappa shape index (κ3) is 6.50. The summed E-state index contributed by atoms with van der Waals surface area (Å²) in [6.07, 6.45) is 2.56. The summed E-state index contributed by atoms with van der Waals surface area (Å²) in [4.78, 5) is 12.1. The van der Waals surface area contributed by atoms with Crippen molar-refractivity contribution in [3.63, 3.8) is 0 Å². The lowest BCUT2D eigenvalue weighted by molar-refractivity contribution is -0.119. The summed E-state index contributed by atoms with van der Waals surface area (Å²) in [6.45, 7) is 1.38. The zero-order chi connectivity index (χ0) is 19.1. The standard InChI is InChI=1S/C20H21ClN2O3S/c21-15-5-3-14(4-6-15)12-19(24)23-20(27)22-16-7-9-17(10-8-16)26-13-18-2-1-11-25-18/h3-10,18H,1-2,11-13H2,(H2,22,23,24,27)/t18-/m0/s1. The molecule has 1 aliphatic rings. The number of rotatable bonds is 6. The van der Waals surface area contributed by atoms with Crippen LogP contribution >= 0.6 is 23.8 Å². The van der Waals surface area contributed by atoms with E-state index in [9.17, 15) is 4.79 Å². The van der Waals surface area contributed by atoms with Crippen LogP contribution in [0.3, 0.4) is 0 Å². The van der Waals surface area contributed by atoms with Gasteiger partial charge in [0.05, 0.1) is 12.5 Å². The number of ether oxygens (including phenoxy) is 2. The summed E-state index contributed by atoms with van der Waals surface area (Å²) in [6, 6.07) is 14.5. The van der Waals surface area contributed by atoms with Gasteiger partial charge in [-0.1, -0.05) is 23.7 Å². The molecule has 1 atom stereocenters. The topological polar surface area (TPSA) is 59.6 Å². The first kappa shape index (κ1) is 19.6. The molecule has 0 aromatic heterocycles. The van der Waals surface area contributed by atoms with Crippen LogP contribution in [0.2, 0.25) is 5.02 Å². The summed E-state index contributed by atoms with van der Waals surface area (Å²) >= 11 is 11.0. The maximum Gasteiger partial charge on any atom is 0.230 e. The molecule has 3 rings (SSSR count). The van der Waals surface area contributed by atoms with Gasteiger partial charge in [-0.15, -0.1) is 0 Å². The summed E-state index contributed by atoms with van der Waals surface area (Å²) in [5.41, 5.74) is 1.64.